The molecule has 2 aromatic carbocycles. The highest BCUT2D eigenvalue weighted by Crippen LogP contribution is 2.47. The summed E-state index contributed by atoms with van der Waals surface area (Å²) in [6.45, 7) is 1.09. The highest BCUT2D eigenvalue weighted by atomic mass is 19.4. The Hall–Kier alpha value is -4.67. The van der Waals surface area contributed by atoms with Gasteiger partial charge >= 0.3 is 24.5 Å². The Labute approximate surface area is 222 Å². The number of alkyl halides is 6. The van der Waals surface area contributed by atoms with Crippen LogP contribution in [0.15, 0.2) is 52.9 Å². The molecule has 3 aromatic rings. The van der Waals surface area contributed by atoms with Crippen molar-refractivity contribution in [3.63, 3.8) is 0 Å². The second kappa shape index (κ2) is 10.5. The molecule has 0 N–H and O–H groups in total. The van der Waals surface area contributed by atoms with Gasteiger partial charge in [0.2, 0.25) is 0 Å². The van der Waals surface area contributed by atoms with Crippen LogP contribution in [0.3, 0.4) is 0 Å². The Morgan fingerprint density at radius 1 is 1.00 bits per heavy atom. The summed E-state index contributed by atoms with van der Waals surface area (Å²) in [5.41, 5.74) is -4.57. The predicted octanol–water partition coefficient (Wildman–Crippen LogP) is 6.65. The Morgan fingerprint density at radius 3 is 2.25 bits per heavy atom. The number of benzene rings is 2. The largest absolute Gasteiger partial charge is 0.453 e. The van der Waals surface area contributed by atoms with Crippen LogP contribution < -0.4 is 14.5 Å². The smallest absolute Gasteiger partial charge is 0.420 e. The number of nitrogens with zero attached hydrogens (tertiary/aromatic N) is 3. The number of urea groups is 1. The minimum absolute atomic E-state index is 0.0141. The molecule has 2 heterocycles. The monoisotopic (exact) mass is 569 g/mol. The van der Waals surface area contributed by atoms with Crippen LogP contribution >= 0.6 is 0 Å². The second-order valence-electron chi connectivity index (χ2n) is 8.50. The van der Waals surface area contributed by atoms with E-state index in [1.54, 1.807) is 13.0 Å². The maximum absolute atomic E-state index is 14.0. The summed E-state index contributed by atoms with van der Waals surface area (Å²) in [7, 11) is 1.10. The molecule has 1 saturated heterocycles. The van der Waals surface area contributed by atoms with Crippen LogP contribution in [0, 0.1) is 24.7 Å². The normalized spacial score (nSPS) is 13.8. The van der Waals surface area contributed by atoms with E-state index < -0.39 is 52.9 Å². The molecule has 1 fully saturated rings. The molecule has 1 aliphatic rings. The van der Waals surface area contributed by atoms with Gasteiger partial charge in [0, 0.05) is 25.3 Å². The van der Waals surface area contributed by atoms with E-state index in [0.717, 1.165) is 41.1 Å². The summed E-state index contributed by atoms with van der Waals surface area (Å²) in [5, 5.41) is 0. The number of rotatable bonds is 3. The van der Waals surface area contributed by atoms with E-state index in [0.29, 0.717) is 16.7 Å². The fourth-order valence-electron chi connectivity index (χ4n) is 3.71. The van der Waals surface area contributed by atoms with Gasteiger partial charge in [0.05, 0.1) is 17.8 Å². The fourth-order valence-corrected chi connectivity index (χ4v) is 3.71. The third-order valence-corrected chi connectivity index (χ3v) is 5.73. The molecule has 1 aromatic heterocycles. The molecule has 40 heavy (non-hydrogen) atoms. The molecule has 0 saturated carbocycles. The zero-order chi connectivity index (χ0) is 29.4. The standard InChI is InChI=1S/C26H18F7N3O4/c1-15-3-8-19(39-15)9-10-35-11-12-36(23(35)37)21-14-16(25(28,29)30)13-20(26(31,32)33)22(21)40-24(38)34(2)18-6-4-17(27)5-7-18/h3-8,13-14H,11-12H2,1-2H3. The average molecular weight is 569 g/mol. The second-order valence-corrected chi connectivity index (χ2v) is 8.50. The Bertz CT molecular complexity index is 1500. The summed E-state index contributed by atoms with van der Waals surface area (Å²) in [5.74, 6) is 1.29. The molecular formula is C26H18F7N3O4. The van der Waals surface area contributed by atoms with Gasteiger partial charge in [-0.2, -0.15) is 26.3 Å². The molecule has 0 bridgehead atoms. The number of amides is 3. The van der Waals surface area contributed by atoms with Crippen LogP contribution in [0.1, 0.15) is 22.6 Å². The number of halogens is 7. The van der Waals surface area contributed by atoms with E-state index in [1.165, 1.54) is 6.07 Å². The zero-order valence-corrected chi connectivity index (χ0v) is 20.7. The lowest BCUT2D eigenvalue weighted by molar-refractivity contribution is -0.143. The summed E-state index contributed by atoms with van der Waals surface area (Å²) < 4.78 is 106. The van der Waals surface area contributed by atoms with Gasteiger partial charge in [0.15, 0.2) is 11.5 Å². The number of anilines is 2. The van der Waals surface area contributed by atoms with Gasteiger partial charge in [-0.3, -0.25) is 14.7 Å². The van der Waals surface area contributed by atoms with E-state index in [9.17, 15) is 40.3 Å². The summed E-state index contributed by atoms with van der Waals surface area (Å²) >= 11 is 0. The number of hydrogen-bond donors (Lipinski definition) is 0. The van der Waals surface area contributed by atoms with Crippen molar-refractivity contribution in [2.45, 2.75) is 19.3 Å². The molecule has 0 radical (unpaired) electrons. The molecule has 0 unspecified atom stereocenters. The maximum Gasteiger partial charge on any atom is 0.420 e. The number of hydrogen-bond acceptors (Lipinski definition) is 4. The van der Waals surface area contributed by atoms with Gasteiger partial charge in [-0.1, -0.05) is 0 Å². The van der Waals surface area contributed by atoms with Crippen LogP contribution in [0.25, 0.3) is 0 Å². The maximum atomic E-state index is 14.0. The van der Waals surface area contributed by atoms with Crippen LogP contribution in [0.4, 0.5) is 51.7 Å². The van der Waals surface area contributed by atoms with Crippen molar-refractivity contribution < 1.29 is 49.5 Å². The number of aryl methyl sites for hydroxylation is 1. The van der Waals surface area contributed by atoms with E-state index in [4.69, 9.17) is 9.15 Å². The minimum Gasteiger partial charge on any atom is -0.453 e. The average Bonchev–Trinajstić information content (AvgIpc) is 3.46. The van der Waals surface area contributed by atoms with Crippen LogP contribution in [-0.2, 0) is 12.4 Å². The lowest BCUT2D eigenvalue weighted by Gasteiger charge is -2.25. The molecule has 0 spiro atoms. The quantitative estimate of drug-likeness (QED) is 0.262. The van der Waals surface area contributed by atoms with Crippen molar-refractivity contribution in [2.75, 3.05) is 29.9 Å². The van der Waals surface area contributed by atoms with Gasteiger partial charge in [0.1, 0.15) is 17.1 Å². The zero-order valence-electron chi connectivity index (χ0n) is 20.7. The van der Waals surface area contributed by atoms with Crippen LogP contribution in [0.2, 0.25) is 0 Å². The third-order valence-electron chi connectivity index (χ3n) is 5.73. The van der Waals surface area contributed by atoms with Crippen molar-refractivity contribution in [2.24, 2.45) is 0 Å². The highest BCUT2D eigenvalue weighted by molar-refractivity contribution is 5.98. The molecular weight excluding hydrogens is 551 g/mol. The Kier molecular flexibility index (Phi) is 7.42. The van der Waals surface area contributed by atoms with E-state index >= 15 is 0 Å². The molecule has 14 heteroatoms. The van der Waals surface area contributed by atoms with E-state index in [-0.39, 0.29) is 30.6 Å². The lowest BCUT2D eigenvalue weighted by Crippen LogP contribution is -2.33. The van der Waals surface area contributed by atoms with Crippen molar-refractivity contribution >= 4 is 23.5 Å². The fraction of sp³-hybridized carbons (Fsp3) is 0.231. The van der Waals surface area contributed by atoms with Gasteiger partial charge in [-0.25, -0.2) is 14.0 Å². The Morgan fingerprint density at radius 2 is 1.68 bits per heavy atom. The number of ether oxygens (including phenoxy) is 1. The minimum atomic E-state index is -5.42. The first-order valence-corrected chi connectivity index (χ1v) is 11.4. The molecule has 4 rings (SSSR count). The number of furan rings is 1. The highest BCUT2D eigenvalue weighted by Gasteiger charge is 2.44. The predicted molar refractivity (Wildman–Crippen MR) is 127 cm³/mol. The molecule has 0 aliphatic carbocycles. The first kappa shape index (κ1) is 28.3. The summed E-state index contributed by atoms with van der Waals surface area (Å²) in [6.07, 6.45) is -12.1. The first-order chi connectivity index (χ1) is 18.6. The van der Waals surface area contributed by atoms with Gasteiger partial charge < -0.3 is 9.15 Å². The van der Waals surface area contributed by atoms with Crippen molar-refractivity contribution in [1.82, 2.24) is 4.90 Å². The summed E-state index contributed by atoms with van der Waals surface area (Å²) in [4.78, 5) is 28.1. The third kappa shape index (κ3) is 5.98. The van der Waals surface area contributed by atoms with E-state index in [2.05, 4.69) is 12.0 Å². The molecule has 1 aliphatic heterocycles. The van der Waals surface area contributed by atoms with Crippen molar-refractivity contribution in [3.8, 4) is 17.7 Å². The summed E-state index contributed by atoms with van der Waals surface area (Å²) in [6, 6.07) is 8.84. The van der Waals surface area contributed by atoms with Gasteiger partial charge in [-0.15, -0.1) is 0 Å². The van der Waals surface area contributed by atoms with Crippen LogP contribution in [0.5, 0.6) is 5.75 Å². The first-order valence-electron chi connectivity index (χ1n) is 11.4. The number of carbonyl (C=O) groups excluding carboxylic acids is 2. The molecule has 0 atom stereocenters. The van der Waals surface area contributed by atoms with E-state index in [1.807, 2.05) is 0 Å². The van der Waals surface area contributed by atoms with Crippen molar-refractivity contribution in [3.05, 3.63) is 77.0 Å². The topological polar surface area (TPSA) is 66.2 Å². The molecule has 210 valence electrons. The van der Waals surface area contributed by atoms with Gasteiger partial charge in [0.25, 0.3) is 0 Å². The molecule has 7 nitrogen and oxygen atoms in total. The number of carbonyl (C=O) groups is 2. The SMILES string of the molecule is Cc1ccc(C#CN2CCN(c3cc(C(F)(F)F)cc(C(F)(F)F)c3OC(=O)N(C)c3ccc(F)cc3)C2=O)o1. The van der Waals surface area contributed by atoms with Gasteiger partial charge in [-0.05, 0) is 61.4 Å². The van der Waals surface area contributed by atoms with Crippen molar-refractivity contribution in [1.29, 1.82) is 0 Å². The lowest BCUT2D eigenvalue weighted by atomic mass is 10.1. The van der Waals surface area contributed by atoms with Crippen LogP contribution in [-0.4, -0.2) is 37.2 Å². The molecule has 3 amide bonds. The Balaban J connectivity index is 1.77.